The van der Waals surface area contributed by atoms with Gasteiger partial charge in [-0.1, -0.05) is 88.4 Å². The number of rotatable bonds is 13. The molecule has 12 heteroatoms. The summed E-state index contributed by atoms with van der Waals surface area (Å²) in [5, 5.41) is 20.6. The molecule has 0 saturated carbocycles. The van der Waals surface area contributed by atoms with Gasteiger partial charge in [0, 0.05) is 37.8 Å². The Morgan fingerprint density at radius 2 is 1.57 bits per heavy atom. The van der Waals surface area contributed by atoms with Crippen molar-refractivity contribution < 1.29 is 33.1 Å². The number of carbonyl (C=O) groups is 2. The number of nitrogens with one attached hydrogen (secondary N) is 1. The minimum Gasteiger partial charge on any atom is -0.508 e. The molecule has 1 unspecified atom stereocenters. The van der Waals surface area contributed by atoms with Crippen LogP contribution in [0.2, 0.25) is 18.1 Å². The largest absolute Gasteiger partial charge is 0.508 e. The van der Waals surface area contributed by atoms with E-state index in [0.717, 1.165) is 34.5 Å². The van der Waals surface area contributed by atoms with Crippen molar-refractivity contribution in [2.45, 2.75) is 90.1 Å². The van der Waals surface area contributed by atoms with Gasteiger partial charge in [-0.3, -0.25) is 14.5 Å². The van der Waals surface area contributed by atoms with Crippen LogP contribution in [0.5, 0.6) is 11.6 Å². The molecule has 4 aromatic rings. The van der Waals surface area contributed by atoms with Crippen molar-refractivity contribution in [2.24, 2.45) is 11.8 Å². The first-order chi connectivity index (χ1) is 27.5. The standard InChI is InChI=1S/C46H58N4O7Si/c1-11-47-25-31-24-34(54-26-28-18-14-12-15-19-28)36-32(38(31)49(5)6)22-30-23-33-39(50(7)8)41-37(44(48-56-41)55-27-29-20-16-13-17-21-29)43(53)46(33,42(52)35(30)40(36)51)57-58(9,10)45(2,3)4/h12-21,24,30,33,39,47,52H,11,22-23,25-27H2,1-10H3/t30-,33-,39-,46?/m0/s1. The summed E-state index contributed by atoms with van der Waals surface area (Å²) in [6.07, 6.45) is 0.823. The molecule has 0 bridgehead atoms. The number of Topliss-reactive ketones (excluding diaryl/α,β-unsaturated/α-hetero) is 2. The van der Waals surface area contributed by atoms with Gasteiger partial charge in [-0.05, 0) is 91.0 Å². The Morgan fingerprint density at radius 3 is 2.14 bits per heavy atom. The first-order valence-electron chi connectivity index (χ1n) is 20.3. The molecule has 0 saturated heterocycles. The highest BCUT2D eigenvalue weighted by Gasteiger charge is 2.67. The third kappa shape index (κ3) is 7.07. The van der Waals surface area contributed by atoms with E-state index in [1.54, 1.807) is 0 Å². The number of ketones is 2. The molecule has 2 N–H and O–H groups in total. The van der Waals surface area contributed by atoms with Crippen LogP contribution >= 0.6 is 0 Å². The number of ether oxygens (including phenoxy) is 2. The van der Waals surface area contributed by atoms with E-state index in [-0.39, 0.29) is 46.8 Å². The molecule has 11 nitrogen and oxygen atoms in total. The highest BCUT2D eigenvalue weighted by molar-refractivity contribution is 6.74. The molecule has 308 valence electrons. The van der Waals surface area contributed by atoms with Crippen molar-refractivity contribution in [3.63, 3.8) is 0 Å². The maximum Gasteiger partial charge on any atom is 0.265 e. The third-order valence-corrected chi connectivity index (χ3v) is 17.0. The summed E-state index contributed by atoms with van der Waals surface area (Å²) < 4.78 is 26.2. The van der Waals surface area contributed by atoms with Gasteiger partial charge in [-0.2, -0.15) is 0 Å². The van der Waals surface area contributed by atoms with Gasteiger partial charge in [0.25, 0.3) is 5.88 Å². The Hall–Kier alpha value is -4.75. The van der Waals surface area contributed by atoms with E-state index in [4.69, 9.17) is 18.4 Å². The maximum absolute atomic E-state index is 15.6. The molecule has 3 aliphatic rings. The summed E-state index contributed by atoms with van der Waals surface area (Å²) in [7, 11) is 4.97. The van der Waals surface area contributed by atoms with E-state index in [1.807, 2.05) is 99.8 Å². The zero-order valence-electron chi connectivity index (χ0n) is 35.6. The topological polar surface area (TPSA) is 127 Å². The number of aromatic nitrogens is 1. The molecular weight excluding hydrogens is 749 g/mol. The molecule has 1 aromatic heterocycles. The van der Waals surface area contributed by atoms with Gasteiger partial charge in [0.1, 0.15) is 30.3 Å². The van der Waals surface area contributed by atoms with Crippen LogP contribution in [0.1, 0.15) is 88.9 Å². The lowest BCUT2D eigenvalue weighted by Crippen LogP contribution is -2.65. The predicted molar refractivity (Wildman–Crippen MR) is 227 cm³/mol. The van der Waals surface area contributed by atoms with Gasteiger partial charge in [-0.15, -0.1) is 0 Å². The predicted octanol–water partition coefficient (Wildman–Crippen LogP) is 8.45. The quantitative estimate of drug-likeness (QED) is 0.126. The molecule has 1 heterocycles. The summed E-state index contributed by atoms with van der Waals surface area (Å²) in [5.41, 5.74) is 3.51. The van der Waals surface area contributed by atoms with Crippen molar-refractivity contribution in [3.8, 4) is 11.6 Å². The zero-order chi connectivity index (χ0) is 41.7. The molecule has 3 aliphatic carbocycles. The first kappa shape index (κ1) is 41.4. The number of benzene rings is 3. The van der Waals surface area contributed by atoms with E-state index < -0.39 is 37.6 Å². The van der Waals surface area contributed by atoms with Gasteiger partial charge >= 0.3 is 0 Å². The van der Waals surface area contributed by atoms with Crippen molar-refractivity contribution >= 4 is 25.6 Å². The molecule has 58 heavy (non-hydrogen) atoms. The van der Waals surface area contributed by atoms with Gasteiger partial charge in [0.15, 0.2) is 25.5 Å². The van der Waals surface area contributed by atoms with Crippen LogP contribution in [0.25, 0.3) is 0 Å². The monoisotopic (exact) mass is 806 g/mol. The molecule has 0 amide bonds. The van der Waals surface area contributed by atoms with Crippen molar-refractivity contribution in [1.82, 2.24) is 15.4 Å². The number of hydrogen-bond donors (Lipinski definition) is 2. The molecule has 4 atom stereocenters. The average molecular weight is 807 g/mol. The lowest BCUT2D eigenvalue weighted by molar-refractivity contribution is -0.0480. The number of nitrogens with zero attached hydrogens (tertiary/aromatic N) is 3. The van der Waals surface area contributed by atoms with Gasteiger partial charge in [0.2, 0.25) is 5.78 Å². The highest BCUT2D eigenvalue weighted by Crippen LogP contribution is 2.60. The minimum absolute atomic E-state index is 0.0352. The maximum atomic E-state index is 15.6. The van der Waals surface area contributed by atoms with Crippen LogP contribution in [-0.4, -0.2) is 75.4 Å². The molecule has 3 aromatic carbocycles. The van der Waals surface area contributed by atoms with E-state index >= 15 is 9.59 Å². The number of hydrogen-bond acceptors (Lipinski definition) is 11. The Morgan fingerprint density at radius 1 is 0.948 bits per heavy atom. The minimum atomic E-state index is -2.88. The van der Waals surface area contributed by atoms with Crippen molar-refractivity contribution in [1.29, 1.82) is 0 Å². The Bertz CT molecular complexity index is 2210. The summed E-state index contributed by atoms with van der Waals surface area (Å²) in [6, 6.07) is 20.9. The van der Waals surface area contributed by atoms with E-state index in [0.29, 0.717) is 36.5 Å². The van der Waals surface area contributed by atoms with Crippen LogP contribution in [0.15, 0.2) is 82.6 Å². The molecule has 0 aliphatic heterocycles. The number of aliphatic hydroxyl groups is 1. The van der Waals surface area contributed by atoms with Crippen LogP contribution in [-0.2, 0) is 30.6 Å². The number of aliphatic hydroxyl groups excluding tert-OH is 1. The number of allylic oxidation sites excluding steroid dienone is 1. The van der Waals surface area contributed by atoms with Crippen molar-refractivity contribution in [3.05, 3.63) is 117 Å². The highest BCUT2D eigenvalue weighted by atomic mass is 28.4. The second-order valence-corrected chi connectivity index (χ2v) is 22.6. The second-order valence-electron chi connectivity index (χ2n) is 17.9. The van der Waals surface area contributed by atoms with Crippen LogP contribution < -0.4 is 19.7 Å². The summed E-state index contributed by atoms with van der Waals surface area (Å²) >= 11 is 0. The Labute approximate surface area is 343 Å². The van der Waals surface area contributed by atoms with E-state index in [9.17, 15) is 5.11 Å². The zero-order valence-corrected chi connectivity index (χ0v) is 36.6. The fraction of sp³-hybridized carbons (Fsp3) is 0.457. The van der Waals surface area contributed by atoms with E-state index in [2.05, 4.69) is 56.2 Å². The normalized spacial score (nSPS) is 21.7. The SMILES string of the molecule is CCNCc1cc(OCc2ccccc2)c2c(c1N(C)C)C[C@H]1C[C@H]3[C@H](N(C)C)c4onc(OCc5ccccc5)c4C(=O)C3(O[Si](C)(C)C(C)(C)C)C(O)=C1C2=O. The number of fused-ring (bicyclic) bond motifs is 4. The summed E-state index contributed by atoms with van der Waals surface area (Å²) in [5.74, 6) is -1.39. The average Bonchev–Trinajstić information content (AvgIpc) is 3.59. The smallest absolute Gasteiger partial charge is 0.265 e. The molecular formula is C46H58N4O7Si. The lowest BCUT2D eigenvalue weighted by atomic mass is 9.58. The number of anilines is 1. The lowest BCUT2D eigenvalue weighted by Gasteiger charge is -2.55. The fourth-order valence-electron chi connectivity index (χ4n) is 8.87. The molecule has 7 rings (SSSR count). The summed E-state index contributed by atoms with van der Waals surface area (Å²) in [6.45, 7) is 14.3. The fourth-order valence-corrected chi connectivity index (χ4v) is 10.3. The molecule has 0 spiro atoms. The van der Waals surface area contributed by atoms with Crippen LogP contribution in [0.4, 0.5) is 5.69 Å². The van der Waals surface area contributed by atoms with Gasteiger partial charge < -0.3 is 33.7 Å². The van der Waals surface area contributed by atoms with Gasteiger partial charge in [-0.25, -0.2) is 0 Å². The van der Waals surface area contributed by atoms with Crippen LogP contribution in [0.3, 0.4) is 0 Å². The second kappa shape index (κ2) is 15.8. The number of carbonyl (C=O) groups excluding carboxylic acids is 2. The molecule has 0 radical (unpaired) electrons. The Balaban J connectivity index is 1.44. The first-order valence-corrected chi connectivity index (χ1v) is 23.2. The van der Waals surface area contributed by atoms with Crippen LogP contribution in [0, 0.1) is 11.8 Å². The van der Waals surface area contributed by atoms with E-state index in [1.165, 1.54) is 0 Å². The third-order valence-electron chi connectivity index (χ3n) is 12.6. The van der Waals surface area contributed by atoms with Gasteiger partial charge in [0.05, 0.1) is 11.6 Å². The molecule has 0 fully saturated rings. The Kier molecular flexibility index (Phi) is 11.3. The summed E-state index contributed by atoms with van der Waals surface area (Å²) in [4.78, 5) is 35.2. The van der Waals surface area contributed by atoms with Crippen molar-refractivity contribution in [2.75, 3.05) is 39.6 Å².